The second-order valence-electron chi connectivity index (χ2n) is 12.9. The number of carbonyl (C=O) groups is 2. The summed E-state index contributed by atoms with van der Waals surface area (Å²) in [4.78, 5) is 16.0. The van der Waals surface area contributed by atoms with Crippen molar-refractivity contribution in [2.45, 2.75) is 160 Å². The average molecular weight is 651 g/mol. The van der Waals surface area contributed by atoms with Crippen LogP contribution >= 0.6 is 0 Å². The van der Waals surface area contributed by atoms with E-state index in [0.29, 0.717) is 0 Å². The molecule has 0 N–H and O–H groups in total. The van der Waals surface area contributed by atoms with Gasteiger partial charge < -0.3 is 9.59 Å². The molecule has 0 heterocycles. The molecule has 47 heavy (non-hydrogen) atoms. The molecule has 2 fully saturated rings. The van der Waals surface area contributed by atoms with E-state index in [1.54, 1.807) is 25.3 Å². The number of benzene rings is 1. The van der Waals surface area contributed by atoms with Crippen LogP contribution in [-0.4, -0.2) is 13.6 Å². The Bertz CT molecular complexity index is 967. The molecule has 0 aromatic heterocycles. The van der Waals surface area contributed by atoms with Crippen LogP contribution in [0.2, 0.25) is 0 Å². The molecule has 0 amide bonds. The highest BCUT2D eigenvalue weighted by atomic mass is 16.1. The smallest absolute Gasteiger partial charge is 0.106 e. The van der Waals surface area contributed by atoms with Crippen molar-refractivity contribution in [3.63, 3.8) is 0 Å². The molecule has 2 heteroatoms. The van der Waals surface area contributed by atoms with Crippen molar-refractivity contribution >= 4 is 13.6 Å². The Balaban J connectivity index is -0.000000258. The summed E-state index contributed by atoms with van der Waals surface area (Å²) in [6, 6.07) is 4.45. The number of carbonyl (C=O) groups excluding carboxylic acids is 2. The van der Waals surface area contributed by atoms with E-state index >= 15 is 0 Å². The molecule has 4 rings (SSSR count). The largest absolute Gasteiger partial charge is 0.307 e. The second kappa shape index (κ2) is 34.6. The number of rotatable bonds is 3. The maximum absolute atomic E-state index is 8.00. The van der Waals surface area contributed by atoms with Crippen LogP contribution in [0.4, 0.5) is 0 Å². The van der Waals surface area contributed by atoms with Crippen molar-refractivity contribution in [1.82, 2.24) is 0 Å². The summed E-state index contributed by atoms with van der Waals surface area (Å²) in [5.74, 6) is 3.24. The molecule has 0 unspecified atom stereocenters. The van der Waals surface area contributed by atoms with Crippen LogP contribution < -0.4 is 0 Å². The molecular weight excluding hydrogens is 572 g/mol. The van der Waals surface area contributed by atoms with Gasteiger partial charge in [0.1, 0.15) is 13.6 Å². The molecule has 0 radical (unpaired) electrons. The molecular formula is C45H78O2. The second-order valence-corrected chi connectivity index (χ2v) is 12.9. The molecule has 0 spiro atoms. The highest BCUT2D eigenvalue weighted by Gasteiger charge is 2.22. The molecule has 270 valence electrons. The van der Waals surface area contributed by atoms with Crippen LogP contribution in [0.15, 0.2) is 72.4 Å². The summed E-state index contributed by atoms with van der Waals surface area (Å²) in [6.45, 7) is 39.2. The van der Waals surface area contributed by atoms with Crippen molar-refractivity contribution < 1.29 is 9.59 Å². The van der Waals surface area contributed by atoms with Gasteiger partial charge in [0.25, 0.3) is 0 Å². The van der Waals surface area contributed by atoms with Crippen molar-refractivity contribution in [3.05, 3.63) is 94.6 Å². The lowest BCUT2D eigenvalue weighted by Gasteiger charge is -2.31. The van der Waals surface area contributed by atoms with Gasteiger partial charge in [0.15, 0.2) is 0 Å². The Morgan fingerprint density at radius 2 is 1.17 bits per heavy atom. The summed E-state index contributed by atoms with van der Waals surface area (Å²) in [6.07, 6.45) is 24.0. The third-order valence-electron chi connectivity index (χ3n) is 9.10. The minimum absolute atomic E-state index is 1.03. The Morgan fingerprint density at radius 1 is 0.745 bits per heavy atom. The lowest BCUT2D eigenvalue weighted by Crippen LogP contribution is -2.17. The van der Waals surface area contributed by atoms with Crippen molar-refractivity contribution in [2.75, 3.05) is 0 Å². The normalized spacial score (nSPS) is 18.2. The molecule has 0 atom stereocenters. The van der Waals surface area contributed by atoms with E-state index in [2.05, 4.69) is 106 Å². The van der Waals surface area contributed by atoms with Gasteiger partial charge in [-0.1, -0.05) is 133 Å². The molecule has 1 aromatic carbocycles. The molecule has 2 nitrogen and oxygen atoms in total. The van der Waals surface area contributed by atoms with Crippen molar-refractivity contribution in [1.29, 1.82) is 0 Å². The van der Waals surface area contributed by atoms with E-state index < -0.39 is 0 Å². The number of hydrogen-bond acceptors (Lipinski definition) is 2. The zero-order valence-corrected chi connectivity index (χ0v) is 33.5. The topological polar surface area (TPSA) is 34.1 Å². The zero-order valence-electron chi connectivity index (χ0n) is 33.5. The third-order valence-corrected chi connectivity index (χ3v) is 9.10. The highest BCUT2D eigenvalue weighted by Crippen LogP contribution is 2.36. The number of hydrogen-bond donors (Lipinski definition) is 0. The number of aryl methyl sites for hydroxylation is 3. The first-order chi connectivity index (χ1) is 22.5. The lowest BCUT2D eigenvalue weighted by molar-refractivity contribution is -0.0987. The fraction of sp³-hybridized carbons (Fsp3) is 0.600. The SMILES string of the molecule is C=C.C=CC.C=O.C=O.CC.CC1CCC(CC2CCCCC2)CC1.CCC1=C(C)C=C(C)CC=C1C.Cc1cc(C)c(C)c(C)c1. The van der Waals surface area contributed by atoms with Gasteiger partial charge in [-0.2, -0.15) is 0 Å². The van der Waals surface area contributed by atoms with Crippen LogP contribution in [0.1, 0.15) is 155 Å². The van der Waals surface area contributed by atoms with Gasteiger partial charge in [0.2, 0.25) is 0 Å². The van der Waals surface area contributed by atoms with E-state index in [4.69, 9.17) is 9.59 Å². The first-order valence-electron chi connectivity index (χ1n) is 18.2. The standard InChI is InChI=1S/C14H26.C12H18.C10H14.C3H6.C2H6.C2H4.2CH2O/c1-12-7-9-14(10-8-12)11-13-5-3-2-4-6-13;1-5-12-10(3)7-6-9(2)8-11(12)4;1-7-5-8(2)10(4)9(3)6-7;1-3-2;4*1-2/h12-14H,2-11H2,1H3;7-8H,5-6H2,1-4H3;5-6H,1-4H3;3H,1H2,2H3;1-2H3;1-2H2;2*1H2. The Labute approximate surface area is 295 Å². The van der Waals surface area contributed by atoms with Crippen LogP contribution in [-0.2, 0) is 9.59 Å². The highest BCUT2D eigenvalue weighted by molar-refractivity contribution is 5.42. The summed E-state index contributed by atoms with van der Waals surface area (Å²) < 4.78 is 0. The van der Waals surface area contributed by atoms with Crippen LogP contribution in [0.3, 0.4) is 0 Å². The monoisotopic (exact) mass is 651 g/mol. The average Bonchev–Trinajstić information content (AvgIpc) is 3.21. The fourth-order valence-electron chi connectivity index (χ4n) is 6.53. The third kappa shape index (κ3) is 25.0. The zero-order chi connectivity index (χ0) is 37.4. The van der Waals surface area contributed by atoms with Crippen LogP contribution in [0.5, 0.6) is 0 Å². The Morgan fingerprint density at radius 3 is 1.60 bits per heavy atom. The maximum Gasteiger partial charge on any atom is 0.106 e. The molecule has 1 aromatic rings. The quantitative estimate of drug-likeness (QED) is 0.305. The molecule has 3 aliphatic carbocycles. The van der Waals surface area contributed by atoms with E-state index in [0.717, 1.165) is 30.6 Å². The summed E-state index contributed by atoms with van der Waals surface area (Å²) in [5, 5.41) is 0. The first-order valence-corrected chi connectivity index (χ1v) is 18.2. The van der Waals surface area contributed by atoms with E-state index in [1.807, 2.05) is 34.3 Å². The fourth-order valence-corrected chi connectivity index (χ4v) is 6.53. The maximum atomic E-state index is 8.00. The van der Waals surface area contributed by atoms with E-state index in [-0.39, 0.29) is 0 Å². The van der Waals surface area contributed by atoms with Gasteiger partial charge >= 0.3 is 0 Å². The van der Waals surface area contributed by atoms with Gasteiger partial charge in [-0.25, -0.2) is 0 Å². The predicted molar refractivity (Wildman–Crippen MR) is 216 cm³/mol. The van der Waals surface area contributed by atoms with Crippen molar-refractivity contribution in [3.8, 4) is 0 Å². The summed E-state index contributed by atoms with van der Waals surface area (Å²) in [7, 11) is 0. The van der Waals surface area contributed by atoms with Crippen LogP contribution in [0, 0.1) is 45.4 Å². The number of allylic oxidation sites excluding steroid dienone is 7. The Hall–Kier alpha value is -2.74. The molecule has 0 aliphatic heterocycles. The van der Waals surface area contributed by atoms with Gasteiger partial charge in [-0.15, -0.1) is 19.7 Å². The van der Waals surface area contributed by atoms with Crippen LogP contribution in [0.25, 0.3) is 0 Å². The predicted octanol–water partition coefficient (Wildman–Crippen LogP) is 14.4. The minimum atomic E-state index is 1.03. The van der Waals surface area contributed by atoms with Gasteiger partial charge in [-0.3, -0.25) is 0 Å². The Kier molecular flexibility index (Phi) is 37.6. The molecule has 0 bridgehead atoms. The van der Waals surface area contributed by atoms with Crippen molar-refractivity contribution in [2.24, 2.45) is 17.8 Å². The molecule has 2 saturated carbocycles. The van der Waals surface area contributed by atoms with E-state index in [1.165, 1.54) is 89.5 Å². The van der Waals surface area contributed by atoms with Gasteiger partial charge in [-0.05, 0) is 120 Å². The lowest BCUT2D eigenvalue weighted by atomic mass is 9.75. The summed E-state index contributed by atoms with van der Waals surface area (Å²) >= 11 is 0. The minimum Gasteiger partial charge on any atom is -0.307 e. The molecule has 0 saturated heterocycles. The van der Waals surface area contributed by atoms with Gasteiger partial charge in [0, 0.05) is 0 Å². The molecule has 3 aliphatic rings. The summed E-state index contributed by atoms with van der Waals surface area (Å²) in [5.41, 5.74) is 11.5. The van der Waals surface area contributed by atoms with Gasteiger partial charge in [0.05, 0.1) is 0 Å². The first kappa shape index (κ1) is 51.1. The van der Waals surface area contributed by atoms with E-state index in [9.17, 15) is 0 Å².